The fraction of sp³-hybridized carbons (Fsp3) is 0.857. The maximum Gasteiger partial charge on any atom is 0.209 e. The highest BCUT2D eigenvalue weighted by Gasteiger charge is 2.13. The number of amides is 1. The van der Waals surface area contributed by atoms with Crippen LogP contribution in [0.1, 0.15) is 19.8 Å². The van der Waals surface area contributed by atoms with Crippen LogP contribution in [-0.4, -0.2) is 24.4 Å². The van der Waals surface area contributed by atoms with Gasteiger partial charge in [-0.3, -0.25) is 4.79 Å². The van der Waals surface area contributed by atoms with Gasteiger partial charge in [-0.25, -0.2) is 0 Å². The number of carbonyl (C=O) groups is 1. The molecule has 0 aromatic rings. The fourth-order valence-corrected chi connectivity index (χ4v) is 1.32. The molecule has 1 rings (SSSR count). The van der Waals surface area contributed by atoms with Gasteiger partial charge in [-0.2, -0.15) is 0 Å². The number of hydrogen-bond donors (Lipinski definition) is 0. The maximum absolute atomic E-state index is 10.2. The van der Waals surface area contributed by atoms with Gasteiger partial charge in [0.05, 0.1) is 0 Å². The first kappa shape index (κ1) is 6.59. The Kier molecular flexibility index (Phi) is 2.09. The Morgan fingerprint density at radius 3 is 2.89 bits per heavy atom. The van der Waals surface area contributed by atoms with Gasteiger partial charge in [-0.15, -0.1) is 0 Å². The lowest BCUT2D eigenvalue weighted by Crippen LogP contribution is -2.32. The van der Waals surface area contributed by atoms with Crippen LogP contribution < -0.4 is 0 Å². The monoisotopic (exact) mass is 127 g/mol. The minimum Gasteiger partial charge on any atom is -0.345 e. The number of hydrogen-bond acceptors (Lipinski definition) is 1. The molecule has 2 heteroatoms. The van der Waals surface area contributed by atoms with Crippen LogP contribution >= 0.6 is 0 Å². The summed E-state index contributed by atoms with van der Waals surface area (Å²) in [5.74, 6) is 0.712. The third kappa shape index (κ3) is 1.70. The Morgan fingerprint density at radius 2 is 2.44 bits per heavy atom. The molecule has 0 radical (unpaired) electrons. The first-order chi connectivity index (χ1) is 4.33. The van der Waals surface area contributed by atoms with Gasteiger partial charge in [-0.05, 0) is 18.8 Å². The zero-order chi connectivity index (χ0) is 6.69. The summed E-state index contributed by atoms with van der Waals surface area (Å²) in [6.07, 6.45) is 3.42. The molecular weight excluding hydrogens is 114 g/mol. The van der Waals surface area contributed by atoms with Crippen molar-refractivity contribution in [2.45, 2.75) is 19.8 Å². The summed E-state index contributed by atoms with van der Waals surface area (Å²) >= 11 is 0. The Balaban J connectivity index is 2.31. The Labute approximate surface area is 55.8 Å². The van der Waals surface area contributed by atoms with Crippen molar-refractivity contribution in [1.82, 2.24) is 4.90 Å². The number of rotatable bonds is 1. The van der Waals surface area contributed by atoms with E-state index in [1.807, 2.05) is 4.90 Å². The topological polar surface area (TPSA) is 20.3 Å². The van der Waals surface area contributed by atoms with E-state index in [1.54, 1.807) is 0 Å². The van der Waals surface area contributed by atoms with Crippen molar-refractivity contribution < 1.29 is 4.79 Å². The lowest BCUT2D eigenvalue weighted by molar-refractivity contribution is -0.119. The molecule has 0 aliphatic carbocycles. The molecule has 0 saturated carbocycles. The van der Waals surface area contributed by atoms with Crippen LogP contribution in [0.3, 0.4) is 0 Å². The fourth-order valence-electron chi connectivity index (χ4n) is 1.32. The van der Waals surface area contributed by atoms with Gasteiger partial charge in [-0.1, -0.05) is 6.92 Å². The van der Waals surface area contributed by atoms with E-state index >= 15 is 0 Å². The summed E-state index contributed by atoms with van der Waals surface area (Å²) in [6, 6.07) is 0. The molecule has 2 nitrogen and oxygen atoms in total. The molecule has 1 aliphatic heterocycles. The second-order valence-corrected chi connectivity index (χ2v) is 2.85. The SMILES string of the molecule is C[C@H]1CCCN(C=O)C1. The van der Waals surface area contributed by atoms with Gasteiger partial charge in [0.15, 0.2) is 0 Å². The van der Waals surface area contributed by atoms with Crippen molar-refractivity contribution in [3.8, 4) is 0 Å². The molecule has 0 unspecified atom stereocenters. The van der Waals surface area contributed by atoms with Crippen molar-refractivity contribution in [1.29, 1.82) is 0 Å². The summed E-state index contributed by atoms with van der Waals surface area (Å²) in [5, 5.41) is 0. The number of nitrogens with zero attached hydrogens (tertiary/aromatic N) is 1. The number of piperidine rings is 1. The number of carbonyl (C=O) groups excluding carboxylic acids is 1. The second-order valence-electron chi connectivity index (χ2n) is 2.85. The number of likely N-dealkylation sites (tertiary alicyclic amines) is 1. The van der Waals surface area contributed by atoms with E-state index in [1.165, 1.54) is 12.8 Å². The molecule has 1 amide bonds. The predicted octanol–water partition coefficient (Wildman–Crippen LogP) is 0.875. The highest BCUT2D eigenvalue weighted by atomic mass is 16.1. The molecule has 52 valence electrons. The van der Waals surface area contributed by atoms with Crippen LogP contribution in [0, 0.1) is 5.92 Å². The third-order valence-electron chi connectivity index (χ3n) is 1.84. The summed E-state index contributed by atoms with van der Waals surface area (Å²) in [4.78, 5) is 12.1. The Hall–Kier alpha value is -0.530. The van der Waals surface area contributed by atoms with E-state index in [2.05, 4.69) is 6.92 Å². The molecule has 1 heterocycles. The van der Waals surface area contributed by atoms with Gasteiger partial charge in [0.2, 0.25) is 6.41 Å². The van der Waals surface area contributed by atoms with Crippen molar-refractivity contribution in [3.05, 3.63) is 0 Å². The lowest BCUT2D eigenvalue weighted by atomic mass is 10.0. The van der Waals surface area contributed by atoms with Crippen LogP contribution in [0.25, 0.3) is 0 Å². The van der Waals surface area contributed by atoms with E-state index in [4.69, 9.17) is 0 Å². The maximum atomic E-state index is 10.2. The zero-order valence-electron chi connectivity index (χ0n) is 5.84. The highest BCUT2D eigenvalue weighted by molar-refractivity contribution is 5.47. The predicted molar refractivity (Wildman–Crippen MR) is 36.0 cm³/mol. The van der Waals surface area contributed by atoms with Crippen LogP contribution in [-0.2, 0) is 4.79 Å². The molecule has 1 aliphatic rings. The molecule has 1 atom stereocenters. The summed E-state index contributed by atoms with van der Waals surface area (Å²) < 4.78 is 0. The normalized spacial score (nSPS) is 28.1. The standard InChI is InChI=1S/C7H13NO/c1-7-3-2-4-8(5-7)6-9/h6-7H,2-5H2,1H3/t7-/m0/s1. The molecule has 1 saturated heterocycles. The van der Waals surface area contributed by atoms with Gasteiger partial charge in [0.25, 0.3) is 0 Å². The Bertz CT molecular complexity index is 103. The minimum atomic E-state index is 0.712. The molecule has 9 heavy (non-hydrogen) atoms. The summed E-state index contributed by atoms with van der Waals surface area (Å²) in [7, 11) is 0. The summed E-state index contributed by atoms with van der Waals surface area (Å²) in [5.41, 5.74) is 0. The quantitative estimate of drug-likeness (QED) is 0.479. The van der Waals surface area contributed by atoms with Crippen molar-refractivity contribution >= 4 is 6.41 Å². The first-order valence-electron chi connectivity index (χ1n) is 3.52. The average molecular weight is 127 g/mol. The van der Waals surface area contributed by atoms with Crippen LogP contribution in [0.4, 0.5) is 0 Å². The Morgan fingerprint density at radius 1 is 1.67 bits per heavy atom. The molecule has 0 bridgehead atoms. The molecule has 0 aromatic heterocycles. The highest BCUT2D eigenvalue weighted by Crippen LogP contribution is 2.13. The second kappa shape index (κ2) is 2.85. The smallest absolute Gasteiger partial charge is 0.209 e. The minimum absolute atomic E-state index is 0.712. The van der Waals surface area contributed by atoms with Gasteiger partial charge in [0, 0.05) is 13.1 Å². The van der Waals surface area contributed by atoms with Crippen molar-refractivity contribution in [2.24, 2.45) is 5.92 Å². The third-order valence-corrected chi connectivity index (χ3v) is 1.84. The van der Waals surface area contributed by atoms with Crippen molar-refractivity contribution in [2.75, 3.05) is 13.1 Å². The average Bonchev–Trinajstić information content (AvgIpc) is 1.88. The summed E-state index contributed by atoms with van der Waals surface area (Å²) in [6.45, 7) is 4.12. The van der Waals surface area contributed by atoms with E-state index < -0.39 is 0 Å². The molecule has 0 aromatic carbocycles. The first-order valence-corrected chi connectivity index (χ1v) is 3.52. The molecule has 1 fully saturated rings. The van der Waals surface area contributed by atoms with Crippen LogP contribution in [0.15, 0.2) is 0 Å². The largest absolute Gasteiger partial charge is 0.345 e. The van der Waals surface area contributed by atoms with Crippen LogP contribution in [0.2, 0.25) is 0 Å². The van der Waals surface area contributed by atoms with E-state index in [0.29, 0.717) is 5.92 Å². The zero-order valence-corrected chi connectivity index (χ0v) is 5.84. The molecule has 0 spiro atoms. The van der Waals surface area contributed by atoms with E-state index in [-0.39, 0.29) is 0 Å². The van der Waals surface area contributed by atoms with Gasteiger partial charge in [0.1, 0.15) is 0 Å². The molecular formula is C7H13NO. The van der Waals surface area contributed by atoms with Crippen LogP contribution in [0.5, 0.6) is 0 Å². The lowest BCUT2D eigenvalue weighted by Gasteiger charge is -2.27. The van der Waals surface area contributed by atoms with Gasteiger partial charge >= 0.3 is 0 Å². The van der Waals surface area contributed by atoms with Crippen molar-refractivity contribution in [3.63, 3.8) is 0 Å². The molecule has 0 N–H and O–H groups in total. The van der Waals surface area contributed by atoms with E-state index in [9.17, 15) is 4.79 Å². The van der Waals surface area contributed by atoms with E-state index in [0.717, 1.165) is 19.5 Å². The van der Waals surface area contributed by atoms with Gasteiger partial charge < -0.3 is 4.90 Å².